The smallest absolute Gasteiger partial charge is 0.260 e. The Morgan fingerprint density at radius 2 is 1.80 bits per heavy atom. The largest absolute Gasteiger partial charge is 0.313 e. The molecule has 8 nitrogen and oxygen atoms in total. The van der Waals surface area contributed by atoms with Crippen LogP contribution in [0.5, 0.6) is 0 Å². The first-order valence-electron chi connectivity index (χ1n) is 9.53. The third kappa shape index (κ3) is 2.94. The molecule has 5 rings (SSSR count). The van der Waals surface area contributed by atoms with Crippen LogP contribution in [-0.2, 0) is 4.79 Å². The van der Waals surface area contributed by atoms with Gasteiger partial charge < -0.3 is 10.2 Å². The van der Waals surface area contributed by atoms with Gasteiger partial charge >= 0.3 is 0 Å². The molecule has 2 aliphatic heterocycles. The summed E-state index contributed by atoms with van der Waals surface area (Å²) in [7, 11) is 0. The topological polar surface area (TPSA) is 95.5 Å². The Hall–Kier alpha value is -3.59. The molecule has 150 valence electrons. The minimum atomic E-state index is -0.498. The molecule has 0 spiro atoms. The Balaban J connectivity index is 1.41. The summed E-state index contributed by atoms with van der Waals surface area (Å²) in [6, 6.07) is 14.5. The molecule has 0 saturated heterocycles. The van der Waals surface area contributed by atoms with Crippen LogP contribution >= 0.6 is 11.3 Å². The predicted octanol–water partition coefficient (Wildman–Crippen LogP) is 3.07. The Morgan fingerprint density at radius 3 is 2.60 bits per heavy atom. The average Bonchev–Trinajstić information content (AvgIpc) is 3.37. The van der Waals surface area contributed by atoms with Crippen LogP contribution < -0.4 is 10.2 Å². The minimum Gasteiger partial charge on any atom is -0.313 e. The van der Waals surface area contributed by atoms with E-state index in [0.717, 1.165) is 5.56 Å². The Labute approximate surface area is 176 Å². The summed E-state index contributed by atoms with van der Waals surface area (Å²) in [5, 5.41) is 10.6. The van der Waals surface area contributed by atoms with Crippen LogP contribution in [0, 0.1) is 0 Å². The van der Waals surface area contributed by atoms with Crippen molar-refractivity contribution in [2.75, 3.05) is 16.8 Å². The summed E-state index contributed by atoms with van der Waals surface area (Å²) in [6.07, 6.45) is 0.189. The minimum absolute atomic E-state index is 0.116. The molecule has 3 heterocycles. The van der Waals surface area contributed by atoms with Gasteiger partial charge in [0.05, 0.1) is 11.3 Å². The van der Waals surface area contributed by atoms with E-state index in [4.69, 9.17) is 0 Å². The molecule has 2 aromatic carbocycles. The molecule has 0 saturated carbocycles. The zero-order valence-electron chi connectivity index (χ0n) is 15.8. The van der Waals surface area contributed by atoms with Crippen molar-refractivity contribution in [2.24, 2.45) is 0 Å². The van der Waals surface area contributed by atoms with E-state index in [1.54, 1.807) is 39.6 Å². The Morgan fingerprint density at radius 1 is 1.03 bits per heavy atom. The summed E-state index contributed by atoms with van der Waals surface area (Å²) in [4.78, 5) is 41.9. The molecular formula is C21H17N5O3S. The van der Waals surface area contributed by atoms with Gasteiger partial charge in [0.2, 0.25) is 11.0 Å². The fourth-order valence-corrected chi connectivity index (χ4v) is 4.48. The van der Waals surface area contributed by atoms with Gasteiger partial charge in [0.15, 0.2) is 0 Å². The molecule has 0 aliphatic carbocycles. The summed E-state index contributed by atoms with van der Waals surface area (Å²) in [5.74, 6) is -0.438. The number of aromatic nitrogens is 2. The highest BCUT2D eigenvalue weighted by Gasteiger charge is 2.47. The zero-order chi connectivity index (χ0) is 20.7. The molecule has 0 bridgehead atoms. The van der Waals surface area contributed by atoms with Crippen molar-refractivity contribution in [3.63, 3.8) is 0 Å². The van der Waals surface area contributed by atoms with E-state index < -0.39 is 6.17 Å². The first-order valence-corrected chi connectivity index (χ1v) is 10.4. The van der Waals surface area contributed by atoms with Crippen molar-refractivity contribution in [3.8, 4) is 0 Å². The molecule has 2 aliphatic rings. The summed E-state index contributed by atoms with van der Waals surface area (Å²) in [6.45, 7) is 0.347. The van der Waals surface area contributed by atoms with Crippen molar-refractivity contribution >= 4 is 39.9 Å². The van der Waals surface area contributed by atoms with Crippen LogP contribution in [0.4, 0.5) is 10.8 Å². The Bertz CT molecular complexity index is 1150. The van der Waals surface area contributed by atoms with E-state index in [1.165, 1.54) is 11.3 Å². The molecule has 1 aromatic heterocycles. The van der Waals surface area contributed by atoms with Crippen LogP contribution in [0.25, 0.3) is 0 Å². The second-order valence-corrected chi connectivity index (χ2v) is 7.88. The first-order chi connectivity index (χ1) is 14.6. The fourth-order valence-electron chi connectivity index (χ4n) is 4.02. The molecule has 0 radical (unpaired) electrons. The summed E-state index contributed by atoms with van der Waals surface area (Å²) < 4.78 is 0. The molecular weight excluding hydrogens is 402 g/mol. The molecule has 1 atom stereocenters. The number of carbonyl (C=O) groups is 3. The van der Waals surface area contributed by atoms with Crippen LogP contribution in [0.3, 0.4) is 0 Å². The lowest BCUT2D eigenvalue weighted by Gasteiger charge is -2.41. The maximum absolute atomic E-state index is 13.3. The maximum Gasteiger partial charge on any atom is 0.260 e. The highest BCUT2D eigenvalue weighted by molar-refractivity contribution is 7.13. The second-order valence-electron chi connectivity index (χ2n) is 7.05. The van der Waals surface area contributed by atoms with Crippen LogP contribution in [0.2, 0.25) is 0 Å². The van der Waals surface area contributed by atoms with E-state index in [2.05, 4.69) is 15.5 Å². The number of rotatable bonds is 5. The normalized spacial score (nSPS) is 16.9. The number of amides is 3. The predicted molar refractivity (Wildman–Crippen MR) is 111 cm³/mol. The molecule has 0 fully saturated rings. The molecule has 30 heavy (non-hydrogen) atoms. The van der Waals surface area contributed by atoms with Gasteiger partial charge in [-0.3, -0.25) is 19.3 Å². The van der Waals surface area contributed by atoms with Gasteiger partial charge in [-0.2, -0.15) is 0 Å². The van der Waals surface area contributed by atoms with Gasteiger partial charge in [0.25, 0.3) is 11.8 Å². The third-order valence-electron chi connectivity index (χ3n) is 5.29. The quantitative estimate of drug-likeness (QED) is 0.686. The van der Waals surface area contributed by atoms with Crippen LogP contribution in [0.1, 0.15) is 45.3 Å². The van der Waals surface area contributed by atoms with Crippen molar-refractivity contribution < 1.29 is 14.4 Å². The molecule has 9 heteroatoms. The van der Waals surface area contributed by atoms with E-state index >= 15 is 0 Å². The van der Waals surface area contributed by atoms with Crippen molar-refractivity contribution in [1.82, 2.24) is 15.1 Å². The van der Waals surface area contributed by atoms with Crippen molar-refractivity contribution in [2.45, 2.75) is 19.0 Å². The average molecular weight is 419 g/mol. The van der Waals surface area contributed by atoms with Gasteiger partial charge in [-0.15, -0.1) is 10.2 Å². The van der Waals surface area contributed by atoms with E-state index in [1.807, 2.05) is 24.3 Å². The van der Waals surface area contributed by atoms with Gasteiger partial charge in [-0.1, -0.05) is 41.7 Å². The lowest BCUT2D eigenvalue weighted by Crippen LogP contribution is -2.48. The molecule has 1 N–H and O–H groups in total. The number of anilines is 2. The molecule has 1 unspecified atom stereocenters. The summed E-state index contributed by atoms with van der Waals surface area (Å²) >= 11 is 1.25. The number of hydrogen-bond acceptors (Lipinski definition) is 6. The van der Waals surface area contributed by atoms with Gasteiger partial charge in [-0.25, -0.2) is 0 Å². The monoisotopic (exact) mass is 419 g/mol. The van der Waals surface area contributed by atoms with Gasteiger partial charge in [-0.05, 0) is 24.6 Å². The van der Waals surface area contributed by atoms with Gasteiger partial charge in [0, 0.05) is 24.1 Å². The van der Waals surface area contributed by atoms with E-state index in [-0.39, 0.29) is 24.1 Å². The number of fused-ring (bicyclic) bond motifs is 5. The first kappa shape index (κ1) is 18.4. The second kappa shape index (κ2) is 7.34. The maximum atomic E-state index is 13.3. The van der Waals surface area contributed by atoms with Crippen molar-refractivity contribution in [3.05, 3.63) is 70.7 Å². The van der Waals surface area contributed by atoms with Crippen LogP contribution in [0.15, 0.2) is 54.0 Å². The standard InChI is InChI=1S/C21H17N5O3S/c27-17(23-21-24-22-12-30-21)10-5-11-25-18-13-6-1-2-7-14(13)20(29)26(18)16-9-4-3-8-15(16)19(25)28/h1-4,6-9,12,18H,5,10-11H2,(H,23,24,27). The van der Waals surface area contributed by atoms with Crippen molar-refractivity contribution in [1.29, 1.82) is 0 Å². The number of carbonyl (C=O) groups excluding carboxylic acids is 3. The SMILES string of the molecule is O=C(CCCN1C(=O)c2ccccc2N2C(=O)c3ccccc3C12)Nc1nncs1. The number of para-hydroxylation sites is 1. The number of benzene rings is 2. The third-order valence-corrected chi connectivity index (χ3v) is 5.90. The Kier molecular flexibility index (Phi) is 4.51. The summed E-state index contributed by atoms with van der Waals surface area (Å²) in [5.41, 5.74) is 4.07. The highest BCUT2D eigenvalue weighted by atomic mass is 32.1. The lowest BCUT2D eigenvalue weighted by atomic mass is 10.0. The molecule has 3 amide bonds. The zero-order valence-corrected chi connectivity index (χ0v) is 16.6. The molecule has 3 aromatic rings. The lowest BCUT2D eigenvalue weighted by molar-refractivity contribution is -0.116. The van der Waals surface area contributed by atoms with Gasteiger partial charge in [0.1, 0.15) is 11.7 Å². The highest BCUT2D eigenvalue weighted by Crippen LogP contribution is 2.45. The van der Waals surface area contributed by atoms with E-state index in [0.29, 0.717) is 34.9 Å². The number of nitrogens with one attached hydrogen (secondary N) is 1. The van der Waals surface area contributed by atoms with Crippen LogP contribution in [-0.4, -0.2) is 39.4 Å². The number of hydrogen-bond donors (Lipinski definition) is 1. The van der Waals surface area contributed by atoms with E-state index in [9.17, 15) is 14.4 Å². The fraction of sp³-hybridized carbons (Fsp3) is 0.190. The number of nitrogens with zero attached hydrogens (tertiary/aromatic N) is 4.